The van der Waals surface area contributed by atoms with Crippen molar-refractivity contribution in [2.75, 3.05) is 13.2 Å². The zero-order valence-electron chi connectivity index (χ0n) is 28.3. The van der Waals surface area contributed by atoms with Gasteiger partial charge in [-0.3, -0.25) is 19.2 Å². The summed E-state index contributed by atoms with van der Waals surface area (Å²) in [6, 6.07) is 0. The Labute approximate surface area is 264 Å². The Morgan fingerprint density at radius 1 is 0.909 bits per heavy atom. The summed E-state index contributed by atoms with van der Waals surface area (Å²) in [5.41, 5.74) is 0.406. The summed E-state index contributed by atoms with van der Waals surface area (Å²) in [6.07, 6.45) is 11.7. The zero-order valence-corrected chi connectivity index (χ0v) is 28.3. The van der Waals surface area contributed by atoms with Crippen LogP contribution in [0.15, 0.2) is 11.6 Å². The maximum Gasteiger partial charge on any atom is 0.312 e. The lowest BCUT2D eigenvalue weighted by molar-refractivity contribution is -0.198. The minimum Gasteiger partial charge on any atom is -0.481 e. The van der Waals surface area contributed by atoms with E-state index in [0.717, 1.165) is 57.8 Å². The second kappa shape index (κ2) is 11.3. The van der Waals surface area contributed by atoms with Crippen molar-refractivity contribution in [3.05, 3.63) is 11.6 Å². The Bertz CT molecular complexity index is 1230. The van der Waals surface area contributed by atoms with E-state index in [9.17, 15) is 19.2 Å². The summed E-state index contributed by atoms with van der Waals surface area (Å²) in [4.78, 5) is 50.7. The number of carbonyl (C=O) groups excluding carboxylic acids is 3. The number of esters is 2. The first-order valence-corrected chi connectivity index (χ1v) is 17.3. The van der Waals surface area contributed by atoms with Crippen LogP contribution in [0.3, 0.4) is 0 Å². The Kier molecular flexibility index (Phi) is 8.49. The molecule has 1 N–H and O–H groups in total. The van der Waals surface area contributed by atoms with Gasteiger partial charge in [0.05, 0.1) is 17.4 Å². The van der Waals surface area contributed by atoms with Crippen molar-refractivity contribution in [1.82, 2.24) is 0 Å². The molecule has 5 rings (SSSR count). The van der Waals surface area contributed by atoms with Gasteiger partial charge in [0.25, 0.3) is 0 Å². The van der Waals surface area contributed by atoms with Crippen molar-refractivity contribution in [2.45, 2.75) is 132 Å². The second-order valence-corrected chi connectivity index (χ2v) is 16.8. The lowest BCUT2D eigenvalue weighted by Gasteiger charge is -2.70. The van der Waals surface area contributed by atoms with Crippen LogP contribution in [-0.2, 0) is 28.7 Å². The highest BCUT2D eigenvalue weighted by Crippen LogP contribution is 2.75. The van der Waals surface area contributed by atoms with Gasteiger partial charge in [0.15, 0.2) is 0 Å². The van der Waals surface area contributed by atoms with E-state index in [1.807, 2.05) is 13.8 Å². The highest BCUT2D eigenvalue weighted by atomic mass is 16.5. The number of fused-ring (bicyclic) bond motifs is 7. The molecule has 0 aromatic carbocycles. The van der Waals surface area contributed by atoms with Gasteiger partial charge in [-0.1, -0.05) is 46.3 Å². The topological polar surface area (TPSA) is 107 Å². The van der Waals surface area contributed by atoms with Crippen LogP contribution in [0.5, 0.6) is 0 Å². The molecule has 0 spiro atoms. The van der Waals surface area contributed by atoms with Gasteiger partial charge in [-0.05, 0) is 117 Å². The number of carboxylic acids is 1. The third-order valence-electron chi connectivity index (χ3n) is 14.2. The highest BCUT2D eigenvalue weighted by Gasteiger charge is 2.70. The van der Waals surface area contributed by atoms with Gasteiger partial charge >= 0.3 is 17.9 Å². The fourth-order valence-electron chi connectivity index (χ4n) is 11.4. The van der Waals surface area contributed by atoms with Crippen LogP contribution in [0.25, 0.3) is 0 Å². The van der Waals surface area contributed by atoms with E-state index in [1.165, 1.54) is 5.57 Å². The summed E-state index contributed by atoms with van der Waals surface area (Å²) >= 11 is 0. The lowest BCUT2D eigenvalue weighted by atomic mass is 9.33. The number of carbonyl (C=O) groups is 4. The number of allylic oxidation sites excluding steroid dienone is 2. The fourth-order valence-corrected chi connectivity index (χ4v) is 11.4. The predicted molar refractivity (Wildman–Crippen MR) is 167 cm³/mol. The molecule has 0 bridgehead atoms. The number of rotatable bonds is 8. The standard InChI is InChI=1S/C37H56O7/c1-8-43-31(42)37-20-18-32(2,3)22-25(37)24-12-13-27-33(4)16-15-28(38)34(5,23-44-30(41)11-9-10-29(39)40)26(33)14-17-36(27,7)35(24,6)19-21-37/h12,25-27H,8-11,13-23H2,1-7H3,(H,39,40)/t25?,26?,27?,33-,34-,35+,36+,37-/m0/s1. The van der Waals surface area contributed by atoms with E-state index in [4.69, 9.17) is 14.6 Å². The minimum absolute atomic E-state index is 0.00506. The van der Waals surface area contributed by atoms with E-state index in [2.05, 4.69) is 40.7 Å². The molecule has 0 aromatic rings. The monoisotopic (exact) mass is 612 g/mol. The number of ether oxygens (including phenoxy) is 2. The van der Waals surface area contributed by atoms with Gasteiger partial charge in [-0.25, -0.2) is 0 Å². The molecule has 0 radical (unpaired) electrons. The van der Waals surface area contributed by atoms with E-state index < -0.39 is 22.8 Å². The number of Topliss-reactive ketones (excluding diaryl/α,β-unsaturated/α-hetero) is 1. The molecule has 0 amide bonds. The normalized spacial score (nSPS) is 42.5. The van der Waals surface area contributed by atoms with Gasteiger partial charge in [0, 0.05) is 19.3 Å². The van der Waals surface area contributed by atoms with Gasteiger partial charge in [0.1, 0.15) is 12.4 Å². The van der Waals surface area contributed by atoms with E-state index in [-0.39, 0.29) is 71.1 Å². The van der Waals surface area contributed by atoms with Gasteiger partial charge in [-0.2, -0.15) is 0 Å². The molecular formula is C37H56O7. The SMILES string of the molecule is CCOC(=O)[C@]12CCC(C)(C)CC1C1=CCC3[C@@]4(C)CCC(=O)[C@@](C)(COC(=O)CCCC(=O)O)C4CC[C@@]3(C)[C@]1(C)CC2. The minimum atomic E-state index is -0.927. The molecule has 0 aliphatic heterocycles. The average Bonchev–Trinajstić information content (AvgIpc) is 2.94. The molecule has 5 aliphatic rings. The van der Waals surface area contributed by atoms with Crippen molar-refractivity contribution < 1.29 is 33.8 Å². The summed E-state index contributed by atoms with van der Waals surface area (Å²) < 4.78 is 11.5. The molecule has 4 saturated carbocycles. The molecule has 4 fully saturated rings. The van der Waals surface area contributed by atoms with Crippen molar-refractivity contribution in [1.29, 1.82) is 0 Å². The first kappa shape index (κ1) is 33.2. The summed E-state index contributed by atoms with van der Waals surface area (Å²) in [5.74, 6) is -0.474. The molecule has 8 atom stereocenters. The van der Waals surface area contributed by atoms with Crippen molar-refractivity contribution >= 4 is 23.7 Å². The Hall–Kier alpha value is -2.18. The molecule has 3 unspecified atom stereocenters. The molecule has 0 saturated heterocycles. The maximum absolute atomic E-state index is 13.7. The average molecular weight is 613 g/mol. The highest BCUT2D eigenvalue weighted by molar-refractivity contribution is 5.86. The molecule has 0 heterocycles. The van der Waals surface area contributed by atoms with Crippen LogP contribution in [-0.4, -0.2) is 42.0 Å². The van der Waals surface area contributed by atoms with E-state index in [1.54, 1.807) is 0 Å². The van der Waals surface area contributed by atoms with Gasteiger partial charge < -0.3 is 14.6 Å². The van der Waals surface area contributed by atoms with Crippen LogP contribution < -0.4 is 0 Å². The quantitative estimate of drug-likeness (QED) is 0.221. The third kappa shape index (κ3) is 4.98. The Balaban J connectivity index is 1.45. The van der Waals surface area contributed by atoms with Crippen molar-refractivity contribution in [3.63, 3.8) is 0 Å². The molecule has 44 heavy (non-hydrogen) atoms. The van der Waals surface area contributed by atoms with Crippen LogP contribution in [0.1, 0.15) is 132 Å². The number of carboxylic acid groups (broad SMARTS) is 1. The molecule has 7 heteroatoms. The van der Waals surface area contributed by atoms with Crippen LogP contribution in [0.2, 0.25) is 0 Å². The van der Waals surface area contributed by atoms with Gasteiger partial charge in [-0.15, -0.1) is 0 Å². The van der Waals surface area contributed by atoms with E-state index in [0.29, 0.717) is 18.9 Å². The molecule has 246 valence electrons. The predicted octanol–water partition coefficient (Wildman–Crippen LogP) is 7.70. The largest absolute Gasteiger partial charge is 0.481 e. The first-order valence-electron chi connectivity index (χ1n) is 17.3. The number of aliphatic carboxylic acids is 1. The van der Waals surface area contributed by atoms with E-state index >= 15 is 0 Å². The van der Waals surface area contributed by atoms with Crippen molar-refractivity contribution in [3.8, 4) is 0 Å². The Morgan fingerprint density at radius 3 is 2.30 bits per heavy atom. The summed E-state index contributed by atoms with van der Waals surface area (Å²) in [6.45, 7) is 16.5. The van der Waals surface area contributed by atoms with Crippen LogP contribution >= 0.6 is 0 Å². The number of ketones is 1. The summed E-state index contributed by atoms with van der Waals surface area (Å²) in [7, 11) is 0. The summed E-state index contributed by atoms with van der Waals surface area (Å²) in [5, 5.41) is 8.92. The molecule has 7 nitrogen and oxygen atoms in total. The zero-order chi connectivity index (χ0) is 32.3. The molecular weight excluding hydrogens is 556 g/mol. The van der Waals surface area contributed by atoms with Crippen molar-refractivity contribution in [2.24, 2.45) is 50.2 Å². The van der Waals surface area contributed by atoms with Crippen LogP contribution in [0, 0.1) is 50.2 Å². The Morgan fingerprint density at radius 2 is 1.61 bits per heavy atom. The van der Waals surface area contributed by atoms with Gasteiger partial charge in [0.2, 0.25) is 0 Å². The fraction of sp³-hybridized carbons (Fsp3) is 0.838. The second-order valence-electron chi connectivity index (χ2n) is 16.8. The smallest absolute Gasteiger partial charge is 0.312 e. The maximum atomic E-state index is 13.7. The number of hydrogen-bond acceptors (Lipinski definition) is 6. The third-order valence-corrected chi connectivity index (χ3v) is 14.2. The van der Waals surface area contributed by atoms with Crippen LogP contribution in [0.4, 0.5) is 0 Å². The number of hydrogen-bond donors (Lipinski definition) is 1. The lowest BCUT2D eigenvalue weighted by Crippen LogP contribution is -2.65. The molecule has 0 aromatic heterocycles. The first-order chi connectivity index (χ1) is 20.5. The molecule has 5 aliphatic carbocycles.